The molecule has 0 saturated carbocycles. The van der Waals surface area contributed by atoms with E-state index in [9.17, 15) is 14.9 Å². The summed E-state index contributed by atoms with van der Waals surface area (Å²) in [6, 6.07) is 25.0. The molecule has 3 aromatic rings. The molecule has 0 aliphatic carbocycles. The molecule has 6 heteroatoms. The number of amides is 2. The number of carbonyl (C=O) groups is 2. The highest BCUT2D eigenvalue weighted by molar-refractivity contribution is 6.37. The van der Waals surface area contributed by atoms with Gasteiger partial charge in [-0.3, -0.25) is 9.59 Å². The van der Waals surface area contributed by atoms with Crippen molar-refractivity contribution in [3.8, 4) is 17.6 Å². The highest BCUT2D eigenvalue weighted by atomic mass is 16.5. The average Bonchev–Trinajstić information content (AvgIpc) is 3.02. The molecule has 3 aromatic carbocycles. The van der Waals surface area contributed by atoms with Crippen molar-refractivity contribution in [1.82, 2.24) is 0 Å². The Kier molecular flexibility index (Phi) is 5.02. The molecule has 1 N–H and O–H groups in total. The van der Waals surface area contributed by atoms with E-state index in [0.717, 1.165) is 0 Å². The Labute approximate surface area is 173 Å². The number of ether oxygens (including phenoxy) is 1. The molecule has 1 aliphatic heterocycles. The van der Waals surface area contributed by atoms with Crippen LogP contribution < -0.4 is 15.0 Å². The van der Waals surface area contributed by atoms with Crippen LogP contribution in [0.1, 0.15) is 5.56 Å². The van der Waals surface area contributed by atoms with Gasteiger partial charge in [-0.15, -0.1) is 0 Å². The van der Waals surface area contributed by atoms with Crippen LogP contribution in [0.15, 0.2) is 84.4 Å². The lowest BCUT2D eigenvalue weighted by molar-refractivity contribution is -0.114. The molecule has 0 radical (unpaired) electrons. The van der Waals surface area contributed by atoms with Crippen LogP contribution in [-0.4, -0.2) is 18.9 Å². The van der Waals surface area contributed by atoms with Crippen LogP contribution in [0, 0.1) is 11.3 Å². The van der Waals surface area contributed by atoms with Crippen LogP contribution in [0.3, 0.4) is 0 Å². The van der Waals surface area contributed by atoms with Crippen LogP contribution in [0.2, 0.25) is 0 Å². The molecule has 146 valence electrons. The molecule has 0 unspecified atom stereocenters. The van der Waals surface area contributed by atoms with E-state index in [1.54, 1.807) is 67.7 Å². The van der Waals surface area contributed by atoms with Crippen molar-refractivity contribution >= 4 is 28.8 Å². The fraction of sp³-hybridized carbons (Fsp3) is 0.0417. The summed E-state index contributed by atoms with van der Waals surface area (Å²) in [7, 11) is 1.62. The van der Waals surface area contributed by atoms with Gasteiger partial charge in [-0.2, -0.15) is 5.26 Å². The molecule has 6 nitrogen and oxygen atoms in total. The Hall–Kier alpha value is -4.37. The third-order valence-corrected chi connectivity index (χ3v) is 4.75. The van der Waals surface area contributed by atoms with Crippen LogP contribution in [0.5, 0.6) is 11.5 Å². The number of hydrogen-bond acceptors (Lipinski definition) is 4. The van der Waals surface area contributed by atoms with Crippen molar-refractivity contribution < 1.29 is 14.3 Å². The fourth-order valence-corrected chi connectivity index (χ4v) is 3.29. The summed E-state index contributed by atoms with van der Waals surface area (Å²) in [6.45, 7) is 0. The Bertz CT molecular complexity index is 1210. The second kappa shape index (κ2) is 7.94. The van der Waals surface area contributed by atoms with E-state index >= 15 is 0 Å². The number of likely N-dealkylation sites (N-methyl/N-ethyl adjacent to an activating group) is 1. The van der Waals surface area contributed by atoms with Gasteiger partial charge >= 0.3 is 0 Å². The van der Waals surface area contributed by atoms with Crippen molar-refractivity contribution in [3.63, 3.8) is 0 Å². The van der Waals surface area contributed by atoms with Gasteiger partial charge in [0.15, 0.2) is 5.75 Å². The average molecular weight is 395 g/mol. The van der Waals surface area contributed by atoms with E-state index in [4.69, 9.17) is 4.74 Å². The summed E-state index contributed by atoms with van der Waals surface area (Å²) in [6.07, 6.45) is 0. The summed E-state index contributed by atoms with van der Waals surface area (Å²) in [5.41, 5.74) is 1.46. The number of fused-ring (bicyclic) bond motifs is 1. The zero-order valence-corrected chi connectivity index (χ0v) is 16.1. The lowest BCUT2D eigenvalue weighted by Gasteiger charge is -2.12. The van der Waals surface area contributed by atoms with Crippen LogP contribution in [0.4, 0.5) is 11.4 Å². The molecule has 4 rings (SSSR count). The highest BCUT2D eigenvalue weighted by Crippen LogP contribution is 2.37. The summed E-state index contributed by atoms with van der Waals surface area (Å²) >= 11 is 0. The largest absolute Gasteiger partial charge is 0.455 e. The minimum Gasteiger partial charge on any atom is -0.455 e. The number of nitriles is 1. The second-order valence-corrected chi connectivity index (χ2v) is 6.61. The topological polar surface area (TPSA) is 82.4 Å². The molecule has 0 spiro atoms. The maximum Gasteiger partial charge on any atom is 0.267 e. The molecule has 0 bridgehead atoms. The van der Waals surface area contributed by atoms with Crippen molar-refractivity contribution in [2.45, 2.75) is 0 Å². The predicted octanol–water partition coefficient (Wildman–Crippen LogP) is 4.37. The Morgan fingerprint density at radius 3 is 2.40 bits per heavy atom. The van der Waals surface area contributed by atoms with Gasteiger partial charge < -0.3 is 15.0 Å². The van der Waals surface area contributed by atoms with Gasteiger partial charge in [0.1, 0.15) is 17.4 Å². The SMILES string of the molecule is CN1C(=O)C(=C(C#N)C(=O)Nc2ccccc2Oc2ccccc2)c2ccccc21. The molecule has 0 atom stereocenters. The maximum absolute atomic E-state index is 13.0. The minimum atomic E-state index is -0.671. The Balaban J connectivity index is 1.69. The molecular weight excluding hydrogens is 378 g/mol. The van der Waals surface area contributed by atoms with Gasteiger partial charge in [-0.05, 0) is 30.3 Å². The first-order valence-electron chi connectivity index (χ1n) is 9.25. The van der Waals surface area contributed by atoms with E-state index in [-0.39, 0.29) is 11.1 Å². The molecule has 2 amide bonds. The number of carbonyl (C=O) groups excluding carboxylic acids is 2. The summed E-state index contributed by atoms with van der Waals surface area (Å²) < 4.78 is 5.85. The summed E-state index contributed by atoms with van der Waals surface area (Å²) in [5, 5.41) is 12.4. The first-order chi connectivity index (χ1) is 14.6. The Morgan fingerprint density at radius 2 is 1.63 bits per heavy atom. The lowest BCUT2D eigenvalue weighted by atomic mass is 10.0. The van der Waals surface area contributed by atoms with Crippen molar-refractivity contribution in [1.29, 1.82) is 5.26 Å². The quantitative estimate of drug-likeness (QED) is 0.525. The smallest absolute Gasteiger partial charge is 0.267 e. The number of para-hydroxylation sites is 4. The van der Waals surface area contributed by atoms with Gasteiger partial charge in [-0.1, -0.05) is 48.5 Å². The molecule has 0 fully saturated rings. The van der Waals surface area contributed by atoms with E-state index in [1.807, 2.05) is 24.3 Å². The van der Waals surface area contributed by atoms with Gasteiger partial charge in [0.25, 0.3) is 11.8 Å². The first kappa shape index (κ1) is 19.0. The fourth-order valence-electron chi connectivity index (χ4n) is 3.29. The van der Waals surface area contributed by atoms with Crippen LogP contribution in [0.25, 0.3) is 5.57 Å². The third-order valence-electron chi connectivity index (χ3n) is 4.75. The van der Waals surface area contributed by atoms with Gasteiger partial charge in [0.2, 0.25) is 0 Å². The molecule has 1 aliphatic rings. The third kappa shape index (κ3) is 3.40. The Morgan fingerprint density at radius 1 is 0.967 bits per heavy atom. The molecular formula is C24H17N3O3. The molecule has 0 saturated heterocycles. The van der Waals surface area contributed by atoms with Gasteiger partial charge in [0.05, 0.1) is 16.9 Å². The number of anilines is 2. The standard InChI is InChI=1S/C24H17N3O3/c1-27-20-13-7-5-11-17(20)22(24(27)29)18(15-25)23(28)26-19-12-6-8-14-21(19)30-16-9-3-2-4-10-16/h2-14H,1H3,(H,26,28). The van der Waals surface area contributed by atoms with Crippen molar-refractivity contribution in [2.24, 2.45) is 0 Å². The van der Waals surface area contributed by atoms with E-state index < -0.39 is 11.8 Å². The number of nitrogens with one attached hydrogen (secondary N) is 1. The number of benzene rings is 3. The van der Waals surface area contributed by atoms with E-state index in [1.165, 1.54) is 4.90 Å². The highest BCUT2D eigenvalue weighted by Gasteiger charge is 2.34. The van der Waals surface area contributed by atoms with Gasteiger partial charge in [-0.25, -0.2) is 0 Å². The number of nitrogens with zero attached hydrogens (tertiary/aromatic N) is 2. The molecule has 1 heterocycles. The van der Waals surface area contributed by atoms with E-state index in [0.29, 0.717) is 28.4 Å². The monoisotopic (exact) mass is 395 g/mol. The maximum atomic E-state index is 13.0. The predicted molar refractivity (Wildman–Crippen MR) is 114 cm³/mol. The van der Waals surface area contributed by atoms with Crippen molar-refractivity contribution in [2.75, 3.05) is 17.3 Å². The normalized spacial score (nSPS) is 14.0. The van der Waals surface area contributed by atoms with Crippen LogP contribution in [-0.2, 0) is 9.59 Å². The first-order valence-corrected chi connectivity index (χ1v) is 9.25. The summed E-state index contributed by atoms with van der Waals surface area (Å²) in [4.78, 5) is 27.2. The van der Waals surface area contributed by atoms with Gasteiger partial charge in [0, 0.05) is 12.6 Å². The number of rotatable bonds is 4. The molecule has 30 heavy (non-hydrogen) atoms. The lowest BCUT2D eigenvalue weighted by Crippen LogP contribution is -2.23. The zero-order chi connectivity index (χ0) is 21.1. The molecule has 0 aromatic heterocycles. The number of hydrogen-bond donors (Lipinski definition) is 1. The van der Waals surface area contributed by atoms with Crippen LogP contribution >= 0.6 is 0 Å². The van der Waals surface area contributed by atoms with Crippen molar-refractivity contribution in [3.05, 3.63) is 90.0 Å². The summed E-state index contributed by atoms with van der Waals surface area (Å²) in [5.74, 6) is -0.0269. The minimum absolute atomic E-state index is 0.0922. The zero-order valence-electron chi connectivity index (χ0n) is 16.1. The second-order valence-electron chi connectivity index (χ2n) is 6.61. The van der Waals surface area contributed by atoms with E-state index in [2.05, 4.69) is 5.32 Å².